The molecule has 3 N–H and O–H groups in total. The van der Waals surface area contributed by atoms with Gasteiger partial charge in [0, 0.05) is 9.77 Å². The van der Waals surface area contributed by atoms with E-state index in [9.17, 15) is 4.79 Å². The number of amides is 2. The number of hydrogen-bond acceptors (Lipinski definition) is 3. The van der Waals surface area contributed by atoms with Crippen molar-refractivity contribution in [1.29, 1.82) is 0 Å². The highest BCUT2D eigenvalue weighted by atomic mass is 32.2. The van der Waals surface area contributed by atoms with Crippen LogP contribution in [0.1, 0.15) is 4.88 Å². The van der Waals surface area contributed by atoms with Crippen LogP contribution >= 0.6 is 23.1 Å². The largest absolute Gasteiger partial charge is 0.352 e. The predicted molar refractivity (Wildman–Crippen MR) is 71.3 cm³/mol. The Bertz CT molecular complexity index is 496. The van der Waals surface area contributed by atoms with Crippen molar-refractivity contribution in [3.8, 4) is 0 Å². The number of rotatable bonds is 4. The lowest BCUT2D eigenvalue weighted by Gasteiger charge is -1.98. The highest BCUT2D eigenvalue weighted by Crippen LogP contribution is 2.33. The number of benzene rings is 1. The molecule has 17 heavy (non-hydrogen) atoms. The molecule has 88 valence electrons. The van der Waals surface area contributed by atoms with E-state index < -0.39 is 6.03 Å². The first kappa shape index (κ1) is 12.0. The van der Waals surface area contributed by atoms with Gasteiger partial charge in [-0.1, -0.05) is 30.0 Å². The summed E-state index contributed by atoms with van der Waals surface area (Å²) in [6.45, 7) is 0.495. The van der Waals surface area contributed by atoms with Crippen molar-refractivity contribution in [1.82, 2.24) is 5.32 Å². The first-order valence-electron chi connectivity index (χ1n) is 5.09. The SMILES string of the molecule is NC(=O)NCc1ccc(Sc2ccccc2)s1. The molecule has 1 aromatic carbocycles. The van der Waals surface area contributed by atoms with Crippen molar-refractivity contribution < 1.29 is 4.79 Å². The first-order chi connectivity index (χ1) is 8.24. The topological polar surface area (TPSA) is 55.1 Å². The zero-order valence-corrected chi connectivity index (χ0v) is 10.7. The van der Waals surface area contributed by atoms with Gasteiger partial charge >= 0.3 is 6.03 Å². The summed E-state index contributed by atoms with van der Waals surface area (Å²) in [5.41, 5.74) is 5.02. The van der Waals surface area contributed by atoms with Gasteiger partial charge in [0.15, 0.2) is 0 Å². The minimum atomic E-state index is -0.490. The Hall–Kier alpha value is -1.46. The smallest absolute Gasteiger partial charge is 0.312 e. The quantitative estimate of drug-likeness (QED) is 0.891. The summed E-state index contributed by atoms with van der Waals surface area (Å²) in [7, 11) is 0. The van der Waals surface area contributed by atoms with E-state index in [2.05, 4.69) is 23.5 Å². The van der Waals surface area contributed by atoms with E-state index in [-0.39, 0.29) is 0 Å². The molecule has 2 aromatic rings. The maximum atomic E-state index is 10.6. The van der Waals surface area contributed by atoms with Crippen LogP contribution in [0, 0.1) is 0 Å². The summed E-state index contributed by atoms with van der Waals surface area (Å²) in [5, 5.41) is 2.58. The summed E-state index contributed by atoms with van der Waals surface area (Å²) in [6.07, 6.45) is 0. The zero-order valence-electron chi connectivity index (χ0n) is 9.05. The lowest BCUT2D eigenvalue weighted by atomic mass is 10.4. The van der Waals surface area contributed by atoms with E-state index >= 15 is 0 Å². The van der Waals surface area contributed by atoms with Crippen molar-refractivity contribution in [2.75, 3.05) is 0 Å². The Labute approximate surface area is 108 Å². The van der Waals surface area contributed by atoms with E-state index in [0.717, 1.165) is 4.88 Å². The molecule has 1 aromatic heterocycles. The molecule has 0 aliphatic carbocycles. The molecule has 0 unspecified atom stereocenters. The molecular weight excluding hydrogens is 252 g/mol. The van der Waals surface area contributed by atoms with Crippen LogP contribution in [0.3, 0.4) is 0 Å². The van der Waals surface area contributed by atoms with E-state index in [0.29, 0.717) is 6.54 Å². The minimum Gasteiger partial charge on any atom is -0.352 e. The minimum absolute atomic E-state index is 0.490. The molecule has 2 amide bonds. The Morgan fingerprint density at radius 1 is 1.24 bits per heavy atom. The second-order valence-corrected chi connectivity index (χ2v) is 5.90. The van der Waals surface area contributed by atoms with E-state index in [4.69, 9.17) is 5.73 Å². The molecular formula is C12H12N2OS2. The number of primary amides is 1. The lowest BCUT2D eigenvalue weighted by molar-refractivity contribution is 0.248. The number of urea groups is 1. The van der Waals surface area contributed by atoms with Crippen LogP contribution in [-0.4, -0.2) is 6.03 Å². The fourth-order valence-electron chi connectivity index (χ4n) is 1.29. The molecule has 0 aliphatic heterocycles. The normalized spacial score (nSPS) is 10.1. The van der Waals surface area contributed by atoms with Crippen molar-refractivity contribution >= 4 is 29.1 Å². The summed E-state index contributed by atoms with van der Waals surface area (Å²) in [5.74, 6) is 0. The second-order valence-electron chi connectivity index (χ2n) is 3.35. The van der Waals surface area contributed by atoms with E-state index in [1.165, 1.54) is 9.10 Å². The Balaban J connectivity index is 1.97. The zero-order chi connectivity index (χ0) is 12.1. The van der Waals surface area contributed by atoms with Crippen molar-refractivity contribution in [3.05, 3.63) is 47.3 Å². The third-order valence-corrected chi connectivity index (χ3v) is 4.26. The lowest BCUT2D eigenvalue weighted by Crippen LogP contribution is -2.28. The number of nitrogens with two attached hydrogens (primary N) is 1. The van der Waals surface area contributed by atoms with Crippen molar-refractivity contribution in [2.24, 2.45) is 5.73 Å². The van der Waals surface area contributed by atoms with Gasteiger partial charge in [0.1, 0.15) is 0 Å². The summed E-state index contributed by atoms with van der Waals surface area (Å²) < 4.78 is 1.21. The van der Waals surface area contributed by atoms with Crippen LogP contribution in [0.25, 0.3) is 0 Å². The van der Waals surface area contributed by atoms with Gasteiger partial charge in [-0.3, -0.25) is 0 Å². The average Bonchev–Trinajstić information content (AvgIpc) is 2.75. The number of hydrogen-bond donors (Lipinski definition) is 2. The van der Waals surface area contributed by atoms with Gasteiger partial charge < -0.3 is 11.1 Å². The van der Waals surface area contributed by atoms with Gasteiger partial charge in [-0.25, -0.2) is 4.79 Å². The Morgan fingerprint density at radius 2 is 2.00 bits per heavy atom. The molecule has 0 aliphatic rings. The molecule has 0 fully saturated rings. The fraction of sp³-hybridized carbons (Fsp3) is 0.0833. The molecule has 3 nitrogen and oxygen atoms in total. The highest BCUT2D eigenvalue weighted by molar-refractivity contribution is 8.01. The Kier molecular flexibility index (Phi) is 4.06. The average molecular weight is 264 g/mol. The molecule has 1 heterocycles. The molecule has 0 atom stereocenters. The van der Waals surface area contributed by atoms with Crippen molar-refractivity contribution in [2.45, 2.75) is 15.6 Å². The molecule has 2 rings (SSSR count). The molecule has 0 saturated carbocycles. The van der Waals surface area contributed by atoms with Gasteiger partial charge in [-0.2, -0.15) is 0 Å². The van der Waals surface area contributed by atoms with Crippen LogP contribution in [0.15, 0.2) is 51.6 Å². The van der Waals surface area contributed by atoms with Crippen LogP contribution in [0.2, 0.25) is 0 Å². The number of carbonyl (C=O) groups excluding carboxylic acids is 1. The van der Waals surface area contributed by atoms with Gasteiger partial charge in [0.2, 0.25) is 0 Å². The van der Waals surface area contributed by atoms with Gasteiger partial charge in [-0.05, 0) is 24.3 Å². The third-order valence-electron chi connectivity index (χ3n) is 2.04. The van der Waals surface area contributed by atoms with E-state index in [1.54, 1.807) is 23.1 Å². The Morgan fingerprint density at radius 3 is 2.71 bits per heavy atom. The van der Waals surface area contributed by atoms with Crippen LogP contribution in [0.4, 0.5) is 4.79 Å². The van der Waals surface area contributed by atoms with Gasteiger partial charge in [-0.15, -0.1) is 11.3 Å². The molecule has 0 bridgehead atoms. The molecule has 0 radical (unpaired) electrons. The summed E-state index contributed by atoms with van der Waals surface area (Å²) >= 11 is 3.38. The molecule has 0 saturated heterocycles. The third kappa shape index (κ3) is 3.80. The maximum Gasteiger partial charge on any atom is 0.312 e. The van der Waals surface area contributed by atoms with Crippen LogP contribution < -0.4 is 11.1 Å². The fourth-order valence-corrected chi connectivity index (χ4v) is 3.40. The van der Waals surface area contributed by atoms with E-state index in [1.807, 2.05) is 24.3 Å². The van der Waals surface area contributed by atoms with Crippen molar-refractivity contribution in [3.63, 3.8) is 0 Å². The maximum absolute atomic E-state index is 10.6. The number of carbonyl (C=O) groups is 1. The number of thiophene rings is 1. The molecule has 5 heteroatoms. The van der Waals surface area contributed by atoms with Gasteiger partial charge in [0.25, 0.3) is 0 Å². The molecule has 0 spiro atoms. The predicted octanol–water partition coefficient (Wildman–Crippen LogP) is 3.07. The van der Waals surface area contributed by atoms with Gasteiger partial charge in [0.05, 0.1) is 10.8 Å². The van der Waals surface area contributed by atoms with Crippen LogP contribution in [0.5, 0.6) is 0 Å². The monoisotopic (exact) mass is 264 g/mol. The summed E-state index contributed by atoms with van der Waals surface area (Å²) in [6, 6.07) is 13.8. The summed E-state index contributed by atoms with van der Waals surface area (Å²) in [4.78, 5) is 12.9. The standard InChI is InChI=1S/C12H12N2OS2/c13-12(15)14-8-10-6-7-11(17-10)16-9-4-2-1-3-5-9/h1-7H,8H2,(H3,13,14,15). The first-order valence-corrected chi connectivity index (χ1v) is 6.72. The number of nitrogens with one attached hydrogen (secondary N) is 1. The second kappa shape index (κ2) is 5.75. The van der Waals surface area contributed by atoms with Crippen LogP contribution in [-0.2, 0) is 6.54 Å². The highest BCUT2D eigenvalue weighted by Gasteiger charge is 2.02.